The number of nitrogens with one attached hydrogen (secondary N) is 1. The normalized spacial score (nSPS) is 24.4. The molecule has 1 unspecified atom stereocenters. The summed E-state index contributed by atoms with van der Waals surface area (Å²) >= 11 is 0. The van der Waals surface area contributed by atoms with Gasteiger partial charge in [-0.3, -0.25) is 9.69 Å². The molecule has 2 aromatic carbocycles. The van der Waals surface area contributed by atoms with Crippen LogP contribution in [0.4, 0.5) is 13.2 Å². The number of benzene rings is 2. The van der Waals surface area contributed by atoms with E-state index in [1.54, 1.807) is 0 Å². The summed E-state index contributed by atoms with van der Waals surface area (Å²) in [6.07, 6.45) is -1.67. The second kappa shape index (κ2) is 8.30. The highest BCUT2D eigenvalue weighted by Crippen LogP contribution is 2.53. The van der Waals surface area contributed by atoms with E-state index >= 15 is 0 Å². The molecule has 3 nitrogen and oxygen atoms in total. The van der Waals surface area contributed by atoms with Crippen molar-refractivity contribution in [1.29, 1.82) is 0 Å². The quantitative estimate of drug-likeness (QED) is 0.635. The van der Waals surface area contributed by atoms with E-state index in [2.05, 4.69) is 5.32 Å². The Labute approximate surface area is 181 Å². The fourth-order valence-electron chi connectivity index (χ4n) is 5.72. The molecule has 0 radical (unpaired) electrons. The van der Waals surface area contributed by atoms with Crippen LogP contribution in [0, 0.1) is 13.8 Å². The third-order valence-electron chi connectivity index (χ3n) is 7.12. The fourth-order valence-corrected chi connectivity index (χ4v) is 5.72. The second-order valence-corrected chi connectivity index (χ2v) is 8.98. The minimum absolute atomic E-state index is 0.0171. The lowest BCUT2D eigenvalue weighted by molar-refractivity contribution is -0.140. The number of carbonyl (C=O) groups excluding carboxylic acids is 1. The number of fused-ring (bicyclic) bond motifs is 2. The van der Waals surface area contributed by atoms with Gasteiger partial charge in [-0.1, -0.05) is 48.5 Å². The largest absolute Gasteiger partial charge is 0.390 e. The molecule has 2 aliphatic heterocycles. The van der Waals surface area contributed by atoms with E-state index in [1.807, 2.05) is 67.3 Å². The van der Waals surface area contributed by atoms with Crippen molar-refractivity contribution in [3.8, 4) is 0 Å². The third-order valence-corrected chi connectivity index (χ3v) is 7.12. The molecule has 1 atom stereocenters. The predicted molar refractivity (Wildman–Crippen MR) is 115 cm³/mol. The number of carbonyl (C=O) groups is 1. The molecule has 0 saturated carbocycles. The maximum atomic E-state index is 13.4. The van der Waals surface area contributed by atoms with Gasteiger partial charge in [-0.15, -0.1) is 0 Å². The molecular formula is C25H29F3N2O. The molecule has 2 bridgehead atoms. The average molecular weight is 431 g/mol. The summed E-state index contributed by atoms with van der Waals surface area (Å²) in [6.45, 7) is 3.81. The Bertz CT molecular complexity index is 913. The molecule has 4 rings (SSSR count). The molecule has 1 amide bonds. The van der Waals surface area contributed by atoms with Crippen LogP contribution in [0.15, 0.2) is 48.5 Å². The van der Waals surface area contributed by atoms with E-state index in [0.29, 0.717) is 5.56 Å². The highest BCUT2D eigenvalue weighted by atomic mass is 19.4. The van der Waals surface area contributed by atoms with Gasteiger partial charge < -0.3 is 5.32 Å². The molecule has 2 saturated heterocycles. The lowest BCUT2D eigenvalue weighted by Crippen LogP contribution is -2.53. The van der Waals surface area contributed by atoms with E-state index in [0.717, 1.165) is 42.4 Å². The molecule has 0 aliphatic carbocycles. The van der Waals surface area contributed by atoms with Gasteiger partial charge >= 0.3 is 6.18 Å². The highest BCUT2D eigenvalue weighted by molar-refractivity contribution is 5.97. The van der Waals surface area contributed by atoms with Gasteiger partial charge in [-0.2, -0.15) is 13.2 Å². The van der Waals surface area contributed by atoms with Crippen LogP contribution in [0.1, 0.15) is 65.2 Å². The lowest BCUT2D eigenvalue weighted by atomic mass is 9.78. The van der Waals surface area contributed by atoms with Gasteiger partial charge in [0.25, 0.3) is 5.91 Å². The molecule has 1 N–H and O–H groups in total. The summed E-state index contributed by atoms with van der Waals surface area (Å²) in [5.74, 6) is -0.162. The smallest absolute Gasteiger partial charge is 0.343 e. The van der Waals surface area contributed by atoms with Crippen molar-refractivity contribution >= 4 is 5.91 Å². The third kappa shape index (κ3) is 4.22. The first-order valence-electron chi connectivity index (χ1n) is 11.0. The SMILES string of the molecule is Cc1cccc(C)c1C(=O)NC(c1ccccc1)C12CCC(CC1)N2CCC(F)(F)F. The molecule has 2 aromatic rings. The minimum atomic E-state index is -4.19. The van der Waals surface area contributed by atoms with Crippen LogP contribution in [0.25, 0.3) is 0 Å². The van der Waals surface area contributed by atoms with Crippen LogP contribution in [-0.2, 0) is 0 Å². The Kier molecular flexibility index (Phi) is 5.86. The molecule has 2 heterocycles. The number of hydrogen-bond donors (Lipinski definition) is 1. The summed E-state index contributed by atoms with van der Waals surface area (Å²) in [6, 6.07) is 15.2. The number of rotatable bonds is 6. The van der Waals surface area contributed by atoms with Crippen LogP contribution in [0.5, 0.6) is 0 Å². The van der Waals surface area contributed by atoms with Crippen LogP contribution in [-0.4, -0.2) is 35.1 Å². The van der Waals surface area contributed by atoms with E-state index in [1.165, 1.54) is 0 Å². The Morgan fingerprint density at radius 3 is 2.26 bits per heavy atom. The van der Waals surface area contributed by atoms with Gasteiger partial charge in [0, 0.05) is 23.7 Å². The van der Waals surface area contributed by atoms with Gasteiger partial charge in [0.15, 0.2) is 0 Å². The summed E-state index contributed by atoms with van der Waals surface area (Å²) in [5.41, 5.74) is 2.90. The second-order valence-electron chi connectivity index (χ2n) is 8.98. The van der Waals surface area contributed by atoms with Gasteiger partial charge in [-0.05, 0) is 56.2 Å². The van der Waals surface area contributed by atoms with Gasteiger partial charge in [-0.25, -0.2) is 0 Å². The number of alkyl halides is 3. The number of nitrogens with zero attached hydrogens (tertiary/aromatic N) is 1. The summed E-state index contributed by atoms with van der Waals surface area (Å²) < 4.78 is 39.2. The average Bonchev–Trinajstić information content (AvgIpc) is 3.25. The van der Waals surface area contributed by atoms with Crippen molar-refractivity contribution < 1.29 is 18.0 Å². The van der Waals surface area contributed by atoms with Gasteiger partial charge in [0.1, 0.15) is 0 Å². The highest BCUT2D eigenvalue weighted by Gasteiger charge is 2.56. The van der Waals surface area contributed by atoms with Crippen LogP contribution >= 0.6 is 0 Å². The van der Waals surface area contributed by atoms with Crippen molar-refractivity contribution in [2.24, 2.45) is 0 Å². The van der Waals surface area contributed by atoms with Gasteiger partial charge in [0.05, 0.1) is 12.5 Å². The zero-order valence-corrected chi connectivity index (χ0v) is 18.0. The molecule has 31 heavy (non-hydrogen) atoms. The molecule has 6 heteroatoms. The standard InChI is InChI=1S/C25H29F3N2O/c1-17-7-6-8-18(2)21(17)23(31)29-22(19-9-4-3-5-10-19)24-13-11-20(12-14-24)30(24)16-15-25(26,27)28/h3-10,20,22H,11-16H2,1-2H3,(H,29,31). The monoisotopic (exact) mass is 430 g/mol. The molecule has 2 fully saturated rings. The molecule has 0 aromatic heterocycles. The first-order chi connectivity index (χ1) is 14.7. The Morgan fingerprint density at radius 2 is 1.68 bits per heavy atom. The first-order valence-corrected chi connectivity index (χ1v) is 11.0. The van der Waals surface area contributed by atoms with Crippen molar-refractivity contribution in [3.63, 3.8) is 0 Å². The summed E-state index contributed by atoms with van der Waals surface area (Å²) in [4.78, 5) is 15.5. The molecular weight excluding hydrogens is 401 g/mol. The topological polar surface area (TPSA) is 32.3 Å². The van der Waals surface area contributed by atoms with Crippen LogP contribution < -0.4 is 5.32 Å². The number of amides is 1. The van der Waals surface area contributed by atoms with Crippen molar-refractivity contribution in [2.75, 3.05) is 6.54 Å². The van der Waals surface area contributed by atoms with Crippen molar-refractivity contribution in [3.05, 3.63) is 70.8 Å². The maximum Gasteiger partial charge on any atom is 0.390 e. The van der Waals surface area contributed by atoms with Crippen LogP contribution in [0.3, 0.4) is 0 Å². The van der Waals surface area contributed by atoms with E-state index in [4.69, 9.17) is 0 Å². The first kappa shape index (κ1) is 21.9. The van der Waals surface area contributed by atoms with E-state index < -0.39 is 18.1 Å². The summed E-state index contributed by atoms with van der Waals surface area (Å²) in [7, 11) is 0. The zero-order valence-electron chi connectivity index (χ0n) is 18.0. The van der Waals surface area contributed by atoms with Crippen molar-refractivity contribution in [2.45, 2.75) is 69.8 Å². The minimum Gasteiger partial charge on any atom is -0.343 e. The van der Waals surface area contributed by atoms with E-state index in [9.17, 15) is 18.0 Å². The van der Waals surface area contributed by atoms with Gasteiger partial charge in [0.2, 0.25) is 0 Å². The van der Waals surface area contributed by atoms with Crippen LogP contribution in [0.2, 0.25) is 0 Å². The Balaban J connectivity index is 1.69. The lowest BCUT2D eigenvalue weighted by Gasteiger charge is -2.42. The molecule has 166 valence electrons. The predicted octanol–water partition coefficient (Wildman–Crippen LogP) is 5.72. The number of aryl methyl sites for hydroxylation is 2. The Morgan fingerprint density at radius 1 is 1.06 bits per heavy atom. The number of halogens is 3. The molecule has 0 spiro atoms. The van der Waals surface area contributed by atoms with E-state index in [-0.39, 0.29) is 24.5 Å². The summed E-state index contributed by atoms with van der Waals surface area (Å²) in [5, 5.41) is 3.26. The zero-order chi connectivity index (χ0) is 22.2. The fraction of sp³-hybridized carbons (Fsp3) is 0.480. The number of hydrogen-bond acceptors (Lipinski definition) is 2. The molecule has 2 aliphatic rings. The Hall–Kier alpha value is -2.34. The maximum absolute atomic E-state index is 13.4. The van der Waals surface area contributed by atoms with Crippen molar-refractivity contribution in [1.82, 2.24) is 10.2 Å².